The van der Waals surface area contributed by atoms with Crippen molar-refractivity contribution in [3.63, 3.8) is 0 Å². The Labute approximate surface area is 136 Å². The third-order valence-electron chi connectivity index (χ3n) is 3.91. The number of hydrogen-bond acceptors (Lipinski definition) is 3. The van der Waals surface area contributed by atoms with Gasteiger partial charge in [-0.15, -0.1) is 0 Å². The van der Waals surface area contributed by atoms with Crippen LogP contribution in [0.3, 0.4) is 0 Å². The summed E-state index contributed by atoms with van der Waals surface area (Å²) < 4.78 is 13.4. The van der Waals surface area contributed by atoms with E-state index in [0.29, 0.717) is 6.61 Å². The maximum Gasteiger partial charge on any atom is 0.147 e. The third kappa shape index (κ3) is 3.54. The van der Waals surface area contributed by atoms with Crippen molar-refractivity contribution < 1.29 is 9.47 Å². The Bertz CT molecular complexity index is 780. The molecule has 0 amide bonds. The van der Waals surface area contributed by atoms with Crippen LogP contribution in [0.5, 0.6) is 5.75 Å². The lowest BCUT2D eigenvalue weighted by Gasteiger charge is -2.11. The average Bonchev–Trinajstić information content (AvgIpc) is 2.92. The van der Waals surface area contributed by atoms with Gasteiger partial charge in [0.15, 0.2) is 0 Å². The molecule has 120 valence electrons. The molecule has 0 spiro atoms. The molecular weight excluding hydrogens is 288 g/mol. The fraction of sp³-hybridized carbons (Fsp3) is 0.316. The zero-order valence-electron chi connectivity index (χ0n) is 13.7. The van der Waals surface area contributed by atoms with Crippen molar-refractivity contribution in [1.82, 2.24) is 9.55 Å². The molecule has 4 heteroatoms. The van der Waals surface area contributed by atoms with Crippen LogP contribution in [-0.4, -0.2) is 23.3 Å². The molecule has 0 bridgehead atoms. The van der Waals surface area contributed by atoms with Crippen molar-refractivity contribution in [3.8, 4) is 5.75 Å². The number of ether oxygens (including phenoxy) is 2. The fourth-order valence-electron chi connectivity index (χ4n) is 2.71. The van der Waals surface area contributed by atoms with Gasteiger partial charge in [-0.05, 0) is 37.1 Å². The summed E-state index contributed by atoms with van der Waals surface area (Å²) in [6.45, 7) is 4.13. The summed E-state index contributed by atoms with van der Waals surface area (Å²) in [7, 11) is 1.73. The topological polar surface area (TPSA) is 36.3 Å². The van der Waals surface area contributed by atoms with E-state index in [1.807, 2.05) is 36.4 Å². The molecule has 0 atom stereocenters. The lowest BCUT2D eigenvalue weighted by Crippen LogP contribution is -2.09. The quantitative estimate of drug-likeness (QED) is 0.620. The van der Waals surface area contributed by atoms with E-state index in [1.165, 1.54) is 0 Å². The van der Waals surface area contributed by atoms with Gasteiger partial charge in [0, 0.05) is 20.3 Å². The largest absolute Gasteiger partial charge is 0.485 e. The molecule has 0 fully saturated rings. The Balaban J connectivity index is 1.84. The Kier molecular flexibility index (Phi) is 4.93. The van der Waals surface area contributed by atoms with E-state index >= 15 is 0 Å². The number of hydrogen-bond donors (Lipinski definition) is 0. The van der Waals surface area contributed by atoms with Gasteiger partial charge in [0.1, 0.15) is 18.2 Å². The number of aryl methyl sites for hydroxylation is 2. The van der Waals surface area contributed by atoms with E-state index in [0.717, 1.165) is 47.7 Å². The van der Waals surface area contributed by atoms with Crippen molar-refractivity contribution in [2.45, 2.75) is 26.5 Å². The molecule has 0 N–H and O–H groups in total. The zero-order valence-corrected chi connectivity index (χ0v) is 13.7. The molecule has 0 saturated heterocycles. The standard InChI is InChI=1S/C19H22N2O2/c1-15-8-3-6-11-18(15)23-14-19-20-16-9-4-5-10-17(16)21(19)12-7-13-22-2/h3-6,8-11H,7,12-14H2,1-2H3. The van der Waals surface area contributed by atoms with Crippen LogP contribution in [0.4, 0.5) is 0 Å². The van der Waals surface area contributed by atoms with Gasteiger partial charge in [0.25, 0.3) is 0 Å². The average molecular weight is 310 g/mol. The molecule has 23 heavy (non-hydrogen) atoms. The number of methoxy groups -OCH3 is 1. The number of aromatic nitrogens is 2. The summed E-state index contributed by atoms with van der Waals surface area (Å²) in [5.74, 6) is 1.86. The molecule has 0 saturated carbocycles. The van der Waals surface area contributed by atoms with E-state index in [1.54, 1.807) is 7.11 Å². The predicted octanol–water partition coefficient (Wildman–Crippen LogP) is 3.96. The summed E-state index contributed by atoms with van der Waals surface area (Å²) in [6, 6.07) is 16.3. The van der Waals surface area contributed by atoms with Crippen molar-refractivity contribution in [1.29, 1.82) is 0 Å². The molecule has 1 heterocycles. The molecule has 0 aliphatic carbocycles. The monoisotopic (exact) mass is 310 g/mol. The van der Waals surface area contributed by atoms with E-state index in [4.69, 9.17) is 14.5 Å². The van der Waals surface area contributed by atoms with Crippen LogP contribution >= 0.6 is 0 Å². The fourth-order valence-corrected chi connectivity index (χ4v) is 2.71. The smallest absolute Gasteiger partial charge is 0.147 e. The van der Waals surface area contributed by atoms with Crippen LogP contribution in [0.1, 0.15) is 17.8 Å². The van der Waals surface area contributed by atoms with E-state index in [-0.39, 0.29) is 0 Å². The number of benzene rings is 2. The molecule has 0 aliphatic rings. The van der Waals surface area contributed by atoms with Crippen molar-refractivity contribution in [2.24, 2.45) is 0 Å². The van der Waals surface area contributed by atoms with Gasteiger partial charge in [-0.2, -0.15) is 0 Å². The van der Waals surface area contributed by atoms with Crippen LogP contribution in [0.2, 0.25) is 0 Å². The molecule has 0 radical (unpaired) electrons. The van der Waals surface area contributed by atoms with Crippen molar-refractivity contribution in [3.05, 3.63) is 59.9 Å². The lowest BCUT2D eigenvalue weighted by atomic mass is 10.2. The number of nitrogens with zero attached hydrogens (tertiary/aromatic N) is 2. The number of imidazole rings is 1. The van der Waals surface area contributed by atoms with Crippen LogP contribution in [-0.2, 0) is 17.9 Å². The summed E-state index contributed by atoms with van der Waals surface area (Å²) in [6.07, 6.45) is 0.953. The maximum absolute atomic E-state index is 5.98. The zero-order chi connectivity index (χ0) is 16.1. The van der Waals surface area contributed by atoms with Gasteiger partial charge in [-0.3, -0.25) is 0 Å². The van der Waals surface area contributed by atoms with Gasteiger partial charge in [-0.1, -0.05) is 30.3 Å². The summed E-state index contributed by atoms with van der Waals surface area (Å²) in [5.41, 5.74) is 3.29. The SMILES string of the molecule is COCCCn1c(COc2ccccc2C)nc2ccccc21. The van der Waals surface area contributed by atoms with Crippen LogP contribution in [0.15, 0.2) is 48.5 Å². The van der Waals surface area contributed by atoms with Crippen molar-refractivity contribution in [2.75, 3.05) is 13.7 Å². The number of fused-ring (bicyclic) bond motifs is 1. The second-order valence-electron chi connectivity index (χ2n) is 5.57. The summed E-state index contributed by atoms with van der Waals surface area (Å²) in [4.78, 5) is 4.73. The van der Waals surface area contributed by atoms with E-state index in [9.17, 15) is 0 Å². The minimum absolute atomic E-state index is 0.465. The lowest BCUT2D eigenvalue weighted by molar-refractivity contribution is 0.189. The minimum Gasteiger partial charge on any atom is -0.485 e. The van der Waals surface area contributed by atoms with Crippen LogP contribution < -0.4 is 4.74 Å². The highest BCUT2D eigenvalue weighted by Gasteiger charge is 2.11. The van der Waals surface area contributed by atoms with Gasteiger partial charge in [0.05, 0.1) is 11.0 Å². The molecule has 0 aliphatic heterocycles. The van der Waals surface area contributed by atoms with Gasteiger partial charge in [0.2, 0.25) is 0 Å². The van der Waals surface area contributed by atoms with Crippen LogP contribution in [0, 0.1) is 6.92 Å². The molecule has 4 nitrogen and oxygen atoms in total. The maximum atomic E-state index is 5.98. The predicted molar refractivity (Wildman–Crippen MR) is 91.7 cm³/mol. The van der Waals surface area contributed by atoms with E-state index < -0.39 is 0 Å². The van der Waals surface area contributed by atoms with E-state index in [2.05, 4.69) is 23.6 Å². The highest BCUT2D eigenvalue weighted by Crippen LogP contribution is 2.21. The second kappa shape index (κ2) is 7.29. The Hall–Kier alpha value is -2.33. The molecule has 0 unspecified atom stereocenters. The number of rotatable bonds is 7. The highest BCUT2D eigenvalue weighted by molar-refractivity contribution is 5.75. The second-order valence-corrected chi connectivity index (χ2v) is 5.57. The first kappa shape index (κ1) is 15.6. The first-order valence-corrected chi connectivity index (χ1v) is 7.91. The Morgan fingerprint density at radius 3 is 2.65 bits per heavy atom. The van der Waals surface area contributed by atoms with Crippen LogP contribution in [0.25, 0.3) is 11.0 Å². The van der Waals surface area contributed by atoms with Crippen molar-refractivity contribution >= 4 is 11.0 Å². The highest BCUT2D eigenvalue weighted by atomic mass is 16.5. The molecular formula is C19H22N2O2. The van der Waals surface area contributed by atoms with Gasteiger partial charge >= 0.3 is 0 Å². The molecule has 3 rings (SSSR count). The molecule has 1 aromatic heterocycles. The molecule has 2 aromatic carbocycles. The first-order chi connectivity index (χ1) is 11.3. The third-order valence-corrected chi connectivity index (χ3v) is 3.91. The minimum atomic E-state index is 0.465. The van der Waals surface area contributed by atoms with Gasteiger partial charge in [-0.25, -0.2) is 4.98 Å². The Morgan fingerprint density at radius 2 is 1.83 bits per heavy atom. The molecule has 3 aromatic rings. The summed E-state index contributed by atoms with van der Waals surface area (Å²) in [5, 5.41) is 0. The number of para-hydroxylation sites is 3. The van der Waals surface area contributed by atoms with Gasteiger partial charge < -0.3 is 14.0 Å². The Morgan fingerprint density at radius 1 is 1.04 bits per heavy atom. The normalized spacial score (nSPS) is 11.0. The summed E-state index contributed by atoms with van der Waals surface area (Å²) >= 11 is 0. The first-order valence-electron chi connectivity index (χ1n) is 7.91.